The van der Waals surface area contributed by atoms with Crippen molar-refractivity contribution in [1.29, 1.82) is 5.26 Å². The summed E-state index contributed by atoms with van der Waals surface area (Å²) in [5, 5.41) is 26.8. The maximum absolute atomic E-state index is 12.4. The minimum absolute atomic E-state index is 0.0130. The maximum atomic E-state index is 12.4. The average molecular weight is 1730 g/mol. The Kier molecular flexibility index (Phi) is 35.5. The molecule has 15 unspecified atom stereocenters. The predicted octanol–water partition coefficient (Wildman–Crippen LogP) is 17.1. The first-order valence-corrected chi connectivity index (χ1v) is 46.0. The number of aliphatic hydroxyl groups is 1. The molecule has 12 fully saturated rings. The van der Waals surface area contributed by atoms with Crippen molar-refractivity contribution >= 4 is 64.0 Å². The molecule has 4 saturated heterocycles. The third-order valence-electron chi connectivity index (χ3n) is 27.3. The van der Waals surface area contributed by atoms with Crippen molar-refractivity contribution in [3.05, 3.63) is 29.8 Å². The number of phenolic OH excluding ortho intramolecular Hbond substituents is 1. The highest BCUT2D eigenvalue weighted by Gasteiger charge is 2.73. The lowest BCUT2D eigenvalue weighted by Crippen LogP contribution is -2.62. The number of carbonyl (C=O) groups excluding carboxylic acids is 9. The lowest BCUT2D eigenvalue weighted by molar-refractivity contribution is -0.227. The number of ether oxygens (including phenoxy) is 12. The normalized spacial score (nSPS) is 29.4. The molecule has 0 aromatic heterocycles. The third-order valence-corrected chi connectivity index (χ3v) is 29.0. The van der Waals surface area contributed by atoms with Gasteiger partial charge in [0.05, 0.1) is 70.7 Å². The van der Waals surface area contributed by atoms with Crippen molar-refractivity contribution < 1.29 is 123 Å². The quantitative estimate of drug-likeness (QED) is 0.0551. The number of rotatable bonds is 24. The van der Waals surface area contributed by atoms with Crippen molar-refractivity contribution in [1.82, 2.24) is 0 Å². The van der Waals surface area contributed by atoms with Crippen molar-refractivity contribution in [3.8, 4) is 11.8 Å². The van der Waals surface area contributed by atoms with Gasteiger partial charge < -0.3 is 67.1 Å². The third kappa shape index (κ3) is 26.9. The molecule has 0 amide bonds. The number of benzene rings is 1. The summed E-state index contributed by atoms with van der Waals surface area (Å²) in [4.78, 5) is 108. The van der Waals surface area contributed by atoms with Crippen molar-refractivity contribution in [3.63, 3.8) is 0 Å². The number of hydrogen-bond donors (Lipinski definition) is 2. The minimum Gasteiger partial charge on any atom is -0.508 e. The fourth-order valence-corrected chi connectivity index (χ4v) is 18.8. The van der Waals surface area contributed by atoms with Crippen molar-refractivity contribution in [2.24, 2.45) is 73.9 Å². The molecule has 0 radical (unpaired) electrons. The number of nitrogens with zero attached hydrogens (tertiary/aromatic N) is 1. The summed E-state index contributed by atoms with van der Waals surface area (Å²) < 4.78 is 94.1. The van der Waals surface area contributed by atoms with E-state index in [9.17, 15) is 56.8 Å². The van der Waals surface area contributed by atoms with E-state index in [1.54, 1.807) is 39.8 Å². The first-order chi connectivity index (χ1) is 56.0. The largest absolute Gasteiger partial charge is 0.509 e. The highest BCUT2D eigenvalue weighted by atomic mass is 32.2. The second kappa shape index (κ2) is 41.6. The maximum Gasteiger partial charge on any atom is 0.509 e. The molecule has 28 heteroatoms. The van der Waals surface area contributed by atoms with E-state index in [4.69, 9.17) is 71.2 Å². The van der Waals surface area contributed by atoms with E-state index in [1.165, 1.54) is 5.56 Å². The summed E-state index contributed by atoms with van der Waals surface area (Å²) in [6, 6.07) is 9.58. The van der Waals surface area contributed by atoms with E-state index < -0.39 is 108 Å². The summed E-state index contributed by atoms with van der Waals surface area (Å²) in [5.41, 5.74) is -4.72. The molecule has 1 aromatic carbocycles. The molecule has 4 aliphatic heterocycles. The summed E-state index contributed by atoms with van der Waals surface area (Å²) in [7, 11) is -3.53. The monoisotopic (exact) mass is 1730 g/mol. The van der Waals surface area contributed by atoms with Crippen LogP contribution in [-0.4, -0.2) is 170 Å². The van der Waals surface area contributed by atoms with Gasteiger partial charge in [0.1, 0.15) is 58.2 Å². The Morgan fingerprint density at radius 1 is 0.595 bits per heavy atom. The molecule has 15 atom stereocenters. The fourth-order valence-electron chi connectivity index (χ4n) is 16.9. The molecule has 8 bridgehead atoms. The van der Waals surface area contributed by atoms with E-state index >= 15 is 0 Å². The zero-order valence-electron chi connectivity index (χ0n) is 77.5. The standard InChI is InChI=1S/C20H32O5.C15H19NO4.C15H22O7S.C12H22O3.C11H20O3.C10H20O3.C10H14O/c1-6-13(2)16(21)23-19-8-14-7-15(9-19)11-20(10-14,12-19)25-17(22)24-18(3,4)5;1-4-14(2,3)12(17)19-10-8-5-9-11(10)20-13(18)15(9,6-8)7-16;1-4-15(2,3)14(17)20-7-11(16)21-12-8-5-9-10(6-8)23(18,19)22-13(9)12;1-5-11(2,3)10(13)15-12(4)6-8-14-9-7-12;1-4-11(2,3)10(12)14-9-7-5-6-8-13-9;1-6-9(2,3)8(12)13-10(4,5)7-11;1-3-8(2)9-4-6-10(11)7-5-9/h13-15H,6-12H2,1-5H3;8-11H,4-6H2,1-3H3;8-10,12-13H,4-7H2,1-3H3;5-9H2,1-4H3;9H,4-8H2,1-3H3;11H,6-7H2,1-5H3;4-8,11H,3H2,1-2H3. The van der Waals surface area contributed by atoms with Crippen LogP contribution in [0.15, 0.2) is 24.3 Å². The average Bonchev–Trinajstić information content (AvgIpc) is 1.59. The molecular weight excluding hydrogens is 1580 g/mol. The van der Waals surface area contributed by atoms with Crippen LogP contribution in [0.25, 0.3) is 0 Å². The minimum atomic E-state index is -3.53. The Morgan fingerprint density at radius 2 is 1.12 bits per heavy atom. The molecular formula is C93H149NO26S. The van der Waals surface area contributed by atoms with Gasteiger partial charge in [-0.05, 0) is 262 Å². The van der Waals surface area contributed by atoms with Crippen LogP contribution in [0.2, 0.25) is 0 Å². The summed E-state index contributed by atoms with van der Waals surface area (Å²) in [6.07, 6.45) is 15.0. The summed E-state index contributed by atoms with van der Waals surface area (Å²) in [5.74, 6) is -0.702. The van der Waals surface area contributed by atoms with Gasteiger partial charge in [-0.25, -0.2) is 9.59 Å². The highest BCUT2D eigenvalue weighted by Crippen LogP contribution is 2.63. The zero-order valence-corrected chi connectivity index (χ0v) is 78.3. The first-order valence-electron chi connectivity index (χ1n) is 44.5. The molecule has 4 heterocycles. The number of nitriles is 1. The van der Waals surface area contributed by atoms with Gasteiger partial charge in [-0.3, -0.25) is 37.7 Å². The van der Waals surface area contributed by atoms with E-state index in [2.05, 4.69) is 19.9 Å². The molecule has 13 rings (SSSR count). The molecule has 12 aliphatic rings. The number of esters is 8. The molecule has 1 aromatic rings. The molecule has 0 spiro atoms. The molecule has 27 nitrogen and oxygen atoms in total. The van der Waals surface area contributed by atoms with Gasteiger partial charge >= 0.3 is 53.9 Å². The van der Waals surface area contributed by atoms with Crippen LogP contribution >= 0.6 is 0 Å². The molecule has 121 heavy (non-hydrogen) atoms. The van der Waals surface area contributed by atoms with Crippen LogP contribution in [-0.2, 0) is 109 Å². The van der Waals surface area contributed by atoms with Gasteiger partial charge in [0, 0.05) is 49.4 Å². The number of hydrogen-bond acceptors (Lipinski definition) is 27. The van der Waals surface area contributed by atoms with Crippen molar-refractivity contribution in [2.45, 2.75) is 384 Å². The van der Waals surface area contributed by atoms with Gasteiger partial charge in [0.25, 0.3) is 10.1 Å². The van der Waals surface area contributed by atoms with Crippen LogP contribution in [0.4, 0.5) is 4.79 Å². The Hall–Kier alpha value is -6.67. The second-order valence-corrected chi connectivity index (χ2v) is 42.6. The van der Waals surface area contributed by atoms with Crippen LogP contribution < -0.4 is 0 Å². The van der Waals surface area contributed by atoms with Crippen LogP contribution in [0.5, 0.6) is 5.75 Å². The number of aromatic hydroxyl groups is 1. The zero-order chi connectivity index (χ0) is 91.3. The van der Waals surface area contributed by atoms with E-state index in [-0.39, 0.29) is 94.9 Å². The Labute approximate surface area is 721 Å². The lowest BCUT2D eigenvalue weighted by atomic mass is 9.52. The Balaban J connectivity index is 0.000000223. The molecule has 8 aliphatic carbocycles. The van der Waals surface area contributed by atoms with Gasteiger partial charge in [-0.2, -0.15) is 13.7 Å². The molecule has 2 N–H and O–H groups in total. The lowest BCUT2D eigenvalue weighted by Gasteiger charge is -2.60. The van der Waals surface area contributed by atoms with Crippen molar-refractivity contribution in [2.75, 3.05) is 33.0 Å². The number of phenols is 1. The number of fused-ring (bicyclic) bond motifs is 2. The smallest absolute Gasteiger partial charge is 0.508 e. The topological polar surface area (TPSA) is 372 Å². The van der Waals surface area contributed by atoms with E-state index in [0.29, 0.717) is 81.8 Å². The van der Waals surface area contributed by atoms with Gasteiger partial charge in [0.2, 0.25) is 6.29 Å². The van der Waals surface area contributed by atoms with Gasteiger partial charge in [0.15, 0.2) is 12.0 Å². The van der Waals surface area contributed by atoms with Crippen LogP contribution in [0, 0.1) is 85.2 Å². The first kappa shape index (κ1) is 103. The highest BCUT2D eigenvalue weighted by molar-refractivity contribution is 7.87. The molecule has 688 valence electrons. The summed E-state index contributed by atoms with van der Waals surface area (Å²) >= 11 is 0. The van der Waals surface area contributed by atoms with Crippen LogP contribution in [0.3, 0.4) is 0 Å². The Morgan fingerprint density at radius 3 is 1.62 bits per heavy atom. The SMILES string of the molecule is CCC(C)(C)C(=O)OC(C)(C)CO.CCC(C)(C)C(=O)OC1(C)CCOCC1.CCC(C)(C)C(=O)OC1C2CC3C1OC(=O)C3(C#N)C2.CCC(C)(C)C(=O)OC1CCCCO1.CCC(C)(C)C(=O)OCC(=O)OC1C2CC3C1OS(=O)(=O)C3C2.CCC(C)C(=O)OC12CC3CC(CC(OC(=O)OC(C)(C)C)(C3)C1)C2.CCC(C)c1ccc(O)cc1. The number of carbonyl (C=O) groups is 9. The van der Waals surface area contributed by atoms with Gasteiger partial charge in [-0.15, -0.1) is 0 Å². The number of aliphatic hydroxyl groups excluding tert-OH is 1. The Bertz CT molecular complexity index is 3820. The second-order valence-electron chi connectivity index (χ2n) is 40.8. The molecule has 8 saturated carbocycles. The van der Waals surface area contributed by atoms with E-state index in [1.807, 2.05) is 144 Å². The van der Waals surface area contributed by atoms with Gasteiger partial charge in [-0.1, -0.05) is 74.4 Å². The summed E-state index contributed by atoms with van der Waals surface area (Å²) in [6.45, 7) is 48.9. The fraction of sp³-hybridized carbons (Fsp3) is 0.828. The van der Waals surface area contributed by atoms with E-state index in [0.717, 1.165) is 103 Å². The van der Waals surface area contributed by atoms with Crippen LogP contribution in [0.1, 0.15) is 326 Å². The predicted molar refractivity (Wildman–Crippen MR) is 450 cm³/mol.